The third kappa shape index (κ3) is 10.2. The van der Waals surface area contributed by atoms with Crippen molar-refractivity contribution in [1.29, 1.82) is 0 Å². The Bertz CT molecular complexity index is 2270. The number of aliphatic hydroxyl groups excluding tert-OH is 1. The molecule has 8 rings (SSSR count). The highest BCUT2D eigenvalue weighted by molar-refractivity contribution is 5.99. The second-order valence-corrected chi connectivity index (χ2v) is 20.5. The number of carbonyl (C=O) groups is 1. The van der Waals surface area contributed by atoms with Gasteiger partial charge in [-0.05, 0) is 155 Å². The fraction of sp³-hybridized carbons (Fsp3) is 0.688. The van der Waals surface area contributed by atoms with Crippen LogP contribution in [0.4, 0.5) is 13.6 Å². The summed E-state index contributed by atoms with van der Waals surface area (Å²) < 4.78 is 58.5. The molecule has 3 unspecified atom stereocenters. The average Bonchev–Trinajstić information content (AvgIpc) is 3.91. The van der Waals surface area contributed by atoms with E-state index in [2.05, 4.69) is 20.9 Å². The van der Waals surface area contributed by atoms with E-state index in [-0.39, 0.29) is 42.0 Å². The molecule has 63 heavy (non-hydrogen) atoms. The molecule has 5 atom stereocenters. The maximum absolute atomic E-state index is 17.6. The van der Waals surface area contributed by atoms with Gasteiger partial charge in [0.1, 0.15) is 35.2 Å². The monoisotopic (exact) mass is 876 g/mol. The van der Waals surface area contributed by atoms with E-state index in [1.165, 1.54) is 0 Å². The first-order chi connectivity index (χ1) is 30.0. The molecule has 4 aromatic rings. The zero-order valence-electron chi connectivity index (χ0n) is 38.4. The van der Waals surface area contributed by atoms with Crippen LogP contribution in [0, 0.1) is 18.7 Å². The topological polar surface area (TPSA) is 137 Å². The van der Waals surface area contributed by atoms with E-state index < -0.39 is 34.8 Å². The summed E-state index contributed by atoms with van der Waals surface area (Å²) in [6.45, 7) is 16.7. The van der Waals surface area contributed by atoms with E-state index in [1.54, 1.807) is 17.3 Å². The first-order valence-corrected chi connectivity index (χ1v) is 23.3. The minimum Gasteiger partial charge on any atom is -0.471 e. The lowest BCUT2D eigenvalue weighted by Gasteiger charge is -2.34. The summed E-state index contributed by atoms with van der Waals surface area (Å²) >= 11 is 0. The molecule has 1 aromatic carbocycles. The van der Waals surface area contributed by atoms with Crippen LogP contribution in [0.3, 0.4) is 0 Å². The fourth-order valence-corrected chi connectivity index (χ4v) is 10.2. The average molecular weight is 876 g/mol. The molecule has 4 aliphatic heterocycles. The Hall–Kier alpha value is -4.21. The number of likely N-dealkylation sites (tertiary alicyclic amines) is 1. The van der Waals surface area contributed by atoms with Crippen LogP contribution in [-0.4, -0.2) is 114 Å². The number of fused-ring (bicyclic) bond motifs is 3. The highest BCUT2D eigenvalue weighted by Gasteiger charge is 2.49. The van der Waals surface area contributed by atoms with E-state index in [1.807, 2.05) is 53.1 Å². The Morgan fingerprint density at radius 3 is 2.60 bits per heavy atom. The van der Waals surface area contributed by atoms with Crippen molar-refractivity contribution in [2.24, 2.45) is 5.92 Å². The maximum atomic E-state index is 17.6. The highest BCUT2D eigenvalue weighted by atomic mass is 19.1. The number of rotatable bonds is 13. The van der Waals surface area contributed by atoms with Gasteiger partial charge in [-0.25, -0.2) is 18.3 Å². The van der Waals surface area contributed by atoms with Crippen molar-refractivity contribution in [1.82, 2.24) is 34.5 Å². The molecular weight excluding hydrogens is 809 g/mol. The molecular formula is C48H67F2N7O6. The van der Waals surface area contributed by atoms with Crippen LogP contribution < -0.4 is 9.47 Å². The van der Waals surface area contributed by atoms with E-state index in [0.29, 0.717) is 75.2 Å². The molecule has 4 saturated heterocycles. The summed E-state index contributed by atoms with van der Waals surface area (Å²) in [5, 5.41) is 17.2. The number of ether oxygens (including phenoxy) is 4. The van der Waals surface area contributed by atoms with E-state index in [0.717, 1.165) is 79.9 Å². The van der Waals surface area contributed by atoms with E-state index >= 15 is 4.39 Å². The number of aromatic nitrogens is 5. The lowest BCUT2D eigenvalue weighted by molar-refractivity contribution is -0.0366. The van der Waals surface area contributed by atoms with Gasteiger partial charge in [0, 0.05) is 49.8 Å². The van der Waals surface area contributed by atoms with Crippen LogP contribution in [0.25, 0.3) is 33.1 Å². The third-order valence-corrected chi connectivity index (χ3v) is 13.2. The molecule has 4 aliphatic rings. The number of pyridine rings is 1. The van der Waals surface area contributed by atoms with Crippen molar-refractivity contribution in [2.45, 2.75) is 167 Å². The van der Waals surface area contributed by atoms with Crippen molar-refractivity contribution >= 4 is 27.9 Å². The van der Waals surface area contributed by atoms with E-state index in [9.17, 15) is 14.3 Å². The van der Waals surface area contributed by atoms with Gasteiger partial charge in [0.15, 0.2) is 12.0 Å². The van der Waals surface area contributed by atoms with Gasteiger partial charge in [0.2, 0.25) is 5.88 Å². The van der Waals surface area contributed by atoms with Gasteiger partial charge < -0.3 is 29.0 Å². The number of carbonyl (C=O) groups excluding carboxylic acids is 1. The Labute approximate surface area is 370 Å². The Balaban J connectivity index is 1.08. The zero-order valence-corrected chi connectivity index (χ0v) is 38.4. The quantitative estimate of drug-likeness (QED) is 0.138. The number of amides is 1. The van der Waals surface area contributed by atoms with Crippen molar-refractivity contribution in [2.75, 3.05) is 39.4 Å². The van der Waals surface area contributed by atoms with Gasteiger partial charge in [-0.3, -0.25) is 9.88 Å². The second kappa shape index (κ2) is 18.3. The number of aryl methyl sites for hydroxylation is 1. The lowest BCUT2D eigenvalue weighted by Crippen LogP contribution is -2.43. The number of hydrogen-bond acceptors (Lipinski definition) is 11. The molecule has 15 heteroatoms. The molecule has 13 nitrogen and oxygen atoms in total. The number of nitrogens with zero attached hydrogens (tertiary/aromatic N) is 7. The van der Waals surface area contributed by atoms with Gasteiger partial charge >= 0.3 is 12.1 Å². The minimum absolute atomic E-state index is 0.0202. The van der Waals surface area contributed by atoms with Crippen molar-refractivity contribution in [3.05, 3.63) is 35.4 Å². The molecule has 0 bridgehead atoms. The smallest absolute Gasteiger partial charge is 0.410 e. The fourth-order valence-electron chi connectivity index (χ4n) is 10.2. The summed E-state index contributed by atoms with van der Waals surface area (Å²) in [5.41, 5.74) is 1.83. The first kappa shape index (κ1) is 45.4. The molecule has 0 radical (unpaired) electrons. The number of aliphatic hydroxyl groups is 1. The Morgan fingerprint density at radius 1 is 1.02 bits per heavy atom. The predicted octanol–water partition coefficient (Wildman–Crippen LogP) is 9.43. The van der Waals surface area contributed by atoms with Gasteiger partial charge in [0.05, 0.1) is 28.7 Å². The minimum atomic E-state index is -0.921. The largest absolute Gasteiger partial charge is 0.471 e. The van der Waals surface area contributed by atoms with E-state index in [4.69, 9.17) is 29.0 Å². The molecule has 1 amide bonds. The first-order valence-electron chi connectivity index (χ1n) is 23.3. The molecule has 0 spiro atoms. The molecule has 344 valence electrons. The lowest BCUT2D eigenvalue weighted by atomic mass is 9.89. The number of benzene rings is 1. The van der Waals surface area contributed by atoms with Crippen LogP contribution in [0.1, 0.15) is 136 Å². The van der Waals surface area contributed by atoms with Crippen LogP contribution in [0.15, 0.2) is 18.5 Å². The van der Waals surface area contributed by atoms with Gasteiger partial charge in [-0.15, -0.1) is 0 Å². The normalized spacial score (nSPS) is 24.0. The summed E-state index contributed by atoms with van der Waals surface area (Å²) in [6, 6.07) is 2.08. The second-order valence-electron chi connectivity index (χ2n) is 20.5. The summed E-state index contributed by atoms with van der Waals surface area (Å²) in [4.78, 5) is 30.9. The Morgan fingerprint density at radius 2 is 1.84 bits per heavy atom. The van der Waals surface area contributed by atoms with Gasteiger partial charge in [-0.1, -0.05) is 0 Å². The van der Waals surface area contributed by atoms with Gasteiger partial charge in [-0.2, -0.15) is 15.1 Å². The number of halogens is 2. The summed E-state index contributed by atoms with van der Waals surface area (Å²) in [5.74, 6) is -0.172. The van der Waals surface area contributed by atoms with Crippen LogP contribution in [0.2, 0.25) is 0 Å². The molecule has 7 heterocycles. The van der Waals surface area contributed by atoms with Gasteiger partial charge in [0.25, 0.3) is 0 Å². The standard InChI is InChI=1S/C48H67F2N7O6/c1-30-23-37-35(26-52-57(37)38-16-8-9-22-60-38)39(34(30)15-10-14-33(58)18-17-31-13-11-20-55(27-31)45(59)63-47(5,6)7)42-40(50)41-36(25-51-42)43(62-46(2,3)4)54-44(53-41)61-29-48-19-12-21-56(48)28-32(49)24-48/h23,25-26,31-33,38,58H,8-22,24,27-29H2,1-7H3/t31?,32-,33?,38?,48+/m1/s1. The van der Waals surface area contributed by atoms with Crippen molar-refractivity contribution < 1.29 is 37.6 Å². The molecule has 0 aliphatic carbocycles. The van der Waals surface area contributed by atoms with Crippen LogP contribution in [0.5, 0.6) is 11.9 Å². The number of hydrogen-bond donors (Lipinski definition) is 1. The predicted molar refractivity (Wildman–Crippen MR) is 237 cm³/mol. The number of alkyl halides is 1. The van der Waals surface area contributed by atoms with Crippen LogP contribution in [-0.2, 0) is 15.9 Å². The van der Waals surface area contributed by atoms with Crippen LogP contribution >= 0.6 is 0 Å². The maximum Gasteiger partial charge on any atom is 0.410 e. The SMILES string of the molecule is Cc1cc2c(cnn2C2CCCCO2)c(-c2ncc3c(OC(C)(C)C)nc(OC[C@@]45CCCN4C[C@H](F)C5)nc3c2F)c1CCCC(O)CCC1CCCN(C(=O)OC(C)(C)C)C1. The molecule has 4 fully saturated rings. The zero-order chi connectivity index (χ0) is 44.7. The van der Waals surface area contributed by atoms with Crippen molar-refractivity contribution in [3.8, 4) is 23.1 Å². The molecule has 0 saturated carbocycles. The Kier molecular flexibility index (Phi) is 13.2. The molecule has 1 N–H and O–H groups in total. The van der Waals surface area contributed by atoms with Crippen molar-refractivity contribution in [3.63, 3.8) is 0 Å². The summed E-state index contributed by atoms with van der Waals surface area (Å²) in [6.07, 6.45) is 11.6. The number of piperidine rings is 1. The molecule has 3 aromatic heterocycles. The third-order valence-electron chi connectivity index (χ3n) is 13.2. The summed E-state index contributed by atoms with van der Waals surface area (Å²) in [7, 11) is 0. The highest BCUT2D eigenvalue weighted by Crippen LogP contribution is 2.43.